The summed E-state index contributed by atoms with van der Waals surface area (Å²) in [7, 11) is -3.88. The van der Waals surface area contributed by atoms with Gasteiger partial charge in [-0.2, -0.15) is 0 Å². The number of carbonyl (C=O) groups is 1. The summed E-state index contributed by atoms with van der Waals surface area (Å²) in [6, 6.07) is 10.3. The number of aromatic nitrogens is 4. The number of hydrogen-bond donors (Lipinski definition) is 2. The van der Waals surface area contributed by atoms with Gasteiger partial charge in [-0.05, 0) is 41.8 Å². The van der Waals surface area contributed by atoms with Crippen LogP contribution in [0.15, 0.2) is 53.0 Å². The molecule has 0 aliphatic rings. The van der Waals surface area contributed by atoms with Gasteiger partial charge in [0.05, 0.1) is 16.4 Å². The Hall–Kier alpha value is -3.42. The molecule has 3 N–H and O–H groups in total. The highest BCUT2D eigenvalue weighted by Crippen LogP contribution is 2.28. The van der Waals surface area contributed by atoms with E-state index in [-0.39, 0.29) is 35.1 Å². The lowest BCUT2D eigenvalue weighted by Gasteiger charge is -2.20. The molecule has 0 spiro atoms. The second kappa shape index (κ2) is 10.1. The minimum Gasteiger partial charge on any atom is -0.487 e. The number of rotatable bonds is 9. The quantitative estimate of drug-likeness (QED) is 0.347. The number of hydrogen-bond acceptors (Lipinski definition) is 8. The second-order valence-corrected chi connectivity index (χ2v) is 10.9. The zero-order valence-corrected chi connectivity index (χ0v) is 20.5. The van der Waals surface area contributed by atoms with E-state index in [9.17, 15) is 17.6 Å². The van der Waals surface area contributed by atoms with Crippen LogP contribution in [-0.2, 0) is 28.0 Å². The maximum absolute atomic E-state index is 13.1. The van der Waals surface area contributed by atoms with Crippen LogP contribution in [0.4, 0.5) is 4.39 Å². The number of primary sulfonamides is 1. The Kier molecular flexibility index (Phi) is 7.10. The standard InChI is InChI=1S/C22H23FN6O4S2/c1-13(2)20(21(30)25-10-14-3-5-15(23)6-4-14)29-11-16(27-28-29)12-33-17-7-8-18-19(9-17)34-22(26-18)35(24,31)32/h3-9,11,13,20H,10,12H2,1-2H3,(H,25,30)(H2,24,31,32)/t20-/m0/s1. The lowest BCUT2D eigenvalue weighted by atomic mass is 10.0. The van der Waals surface area contributed by atoms with Gasteiger partial charge in [-0.3, -0.25) is 4.79 Å². The molecule has 0 bridgehead atoms. The summed E-state index contributed by atoms with van der Waals surface area (Å²) in [5.74, 6) is -0.143. The molecule has 0 unspecified atom stereocenters. The van der Waals surface area contributed by atoms with Gasteiger partial charge < -0.3 is 10.1 Å². The van der Waals surface area contributed by atoms with Crippen LogP contribution in [0.3, 0.4) is 0 Å². The van der Waals surface area contributed by atoms with Gasteiger partial charge in [-0.1, -0.05) is 31.2 Å². The Morgan fingerprint density at radius 2 is 1.97 bits per heavy atom. The van der Waals surface area contributed by atoms with E-state index in [1.165, 1.54) is 16.8 Å². The SMILES string of the molecule is CC(C)[C@@H](C(=O)NCc1ccc(F)cc1)n1cc(COc2ccc3nc(S(N)(=O)=O)sc3c2)nn1. The van der Waals surface area contributed by atoms with Crippen LogP contribution in [0.1, 0.15) is 31.1 Å². The zero-order valence-electron chi connectivity index (χ0n) is 18.9. The van der Waals surface area contributed by atoms with Gasteiger partial charge >= 0.3 is 0 Å². The number of thiazole rings is 1. The molecule has 1 atom stereocenters. The molecule has 0 saturated carbocycles. The molecule has 0 saturated heterocycles. The third-order valence-corrected chi connectivity index (χ3v) is 7.43. The summed E-state index contributed by atoms with van der Waals surface area (Å²) in [5, 5.41) is 16.2. The van der Waals surface area contributed by atoms with Crippen molar-refractivity contribution >= 4 is 37.5 Å². The fourth-order valence-corrected chi connectivity index (χ4v) is 5.08. The highest BCUT2D eigenvalue weighted by Gasteiger charge is 2.25. The first-order valence-electron chi connectivity index (χ1n) is 10.6. The number of halogens is 1. The van der Waals surface area contributed by atoms with E-state index in [2.05, 4.69) is 20.6 Å². The van der Waals surface area contributed by atoms with E-state index >= 15 is 0 Å². The van der Waals surface area contributed by atoms with Crippen LogP contribution in [0.5, 0.6) is 5.75 Å². The fraction of sp³-hybridized carbons (Fsp3) is 0.273. The molecule has 35 heavy (non-hydrogen) atoms. The summed E-state index contributed by atoms with van der Waals surface area (Å²) < 4.78 is 43.8. The minimum absolute atomic E-state index is 0.0690. The maximum atomic E-state index is 13.1. The van der Waals surface area contributed by atoms with Crippen molar-refractivity contribution < 1.29 is 22.3 Å². The predicted octanol–water partition coefficient (Wildman–Crippen LogP) is 2.77. The van der Waals surface area contributed by atoms with E-state index < -0.39 is 16.1 Å². The van der Waals surface area contributed by atoms with Crippen LogP contribution in [0, 0.1) is 11.7 Å². The van der Waals surface area contributed by atoms with Crippen LogP contribution in [0.25, 0.3) is 10.2 Å². The van der Waals surface area contributed by atoms with Gasteiger partial charge in [0.2, 0.25) is 10.2 Å². The largest absolute Gasteiger partial charge is 0.487 e. The molecule has 0 aliphatic heterocycles. The van der Waals surface area contributed by atoms with E-state index in [1.54, 1.807) is 36.5 Å². The van der Waals surface area contributed by atoms with Crippen LogP contribution in [-0.4, -0.2) is 34.3 Å². The van der Waals surface area contributed by atoms with Gasteiger partial charge in [0.15, 0.2) is 0 Å². The number of benzene rings is 2. The molecule has 0 fully saturated rings. The van der Waals surface area contributed by atoms with E-state index in [1.807, 2.05) is 13.8 Å². The van der Waals surface area contributed by atoms with Crippen LogP contribution < -0.4 is 15.2 Å². The molecule has 2 heterocycles. The molecule has 184 valence electrons. The first-order chi connectivity index (χ1) is 16.6. The third kappa shape index (κ3) is 5.99. The Labute approximate surface area is 205 Å². The summed E-state index contributed by atoms with van der Waals surface area (Å²) in [5.41, 5.74) is 1.80. The Morgan fingerprint density at radius 1 is 1.23 bits per heavy atom. The summed E-state index contributed by atoms with van der Waals surface area (Å²) >= 11 is 0.959. The molecule has 2 aromatic heterocycles. The third-order valence-electron chi connectivity index (χ3n) is 5.09. The van der Waals surface area contributed by atoms with Crippen molar-refractivity contribution in [3.8, 4) is 5.75 Å². The van der Waals surface area contributed by atoms with Crippen LogP contribution in [0.2, 0.25) is 0 Å². The van der Waals surface area contributed by atoms with E-state index in [0.29, 0.717) is 21.7 Å². The molecule has 4 aromatic rings. The van der Waals surface area contributed by atoms with E-state index in [4.69, 9.17) is 9.88 Å². The average Bonchev–Trinajstić information content (AvgIpc) is 3.44. The molecule has 0 aliphatic carbocycles. The maximum Gasteiger partial charge on any atom is 0.265 e. The highest BCUT2D eigenvalue weighted by atomic mass is 32.2. The number of sulfonamides is 1. The molecular formula is C22H23FN6O4S2. The van der Waals surface area contributed by atoms with Crippen molar-refractivity contribution in [2.75, 3.05) is 0 Å². The Bertz CT molecular complexity index is 1450. The van der Waals surface area contributed by atoms with Gasteiger partial charge in [0.25, 0.3) is 10.0 Å². The normalized spacial score (nSPS) is 12.7. The van der Waals surface area contributed by atoms with Crippen molar-refractivity contribution in [1.29, 1.82) is 0 Å². The Balaban J connectivity index is 1.41. The molecule has 10 nitrogen and oxygen atoms in total. The van der Waals surface area contributed by atoms with Crippen molar-refractivity contribution in [2.24, 2.45) is 11.1 Å². The number of nitrogens with zero attached hydrogens (tertiary/aromatic N) is 4. The molecule has 4 rings (SSSR count). The lowest BCUT2D eigenvalue weighted by Crippen LogP contribution is -2.35. The minimum atomic E-state index is -3.88. The topological polar surface area (TPSA) is 142 Å². The molecule has 0 radical (unpaired) electrons. The van der Waals surface area contributed by atoms with Crippen molar-refractivity contribution in [3.63, 3.8) is 0 Å². The number of carbonyl (C=O) groups excluding carboxylic acids is 1. The number of fused-ring (bicyclic) bond motifs is 1. The van der Waals surface area contributed by atoms with E-state index in [0.717, 1.165) is 16.9 Å². The molecule has 13 heteroatoms. The Morgan fingerprint density at radius 3 is 2.66 bits per heavy atom. The monoisotopic (exact) mass is 518 g/mol. The van der Waals surface area contributed by atoms with Gasteiger partial charge in [-0.15, -0.1) is 16.4 Å². The number of amides is 1. The summed E-state index contributed by atoms with van der Waals surface area (Å²) in [6.07, 6.45) is 1.65. The van der Waals surface area contributed by atoms with Crippen molar-refractivity contribution in [1.82, 2.24) is 25.3 Å². The van der Waals surface area contributed by atoms with Crippen molar-refractivity contribution in [2.45, 2.75) is 37.4 Å². The molecule has 2 aromatic carbocycles. The van der Waals surface area contributed by atoms with Gasteiger partial charge in [0.1, 0.15) is 29.9 Å². The summed E-state index contributed by atoms with van der Waals surface area (Å²) in [4.78, 5) is 16.9. The number of nitrogens with two attached hydrogens (primary N) is 1. The molecular weight excluding hydrogens is 495 g/mol. The first kappa shape index (κ1) is 24.7. The second-order valence-electron chi connectivity index (χ2n) is 8.17. The van der Waals surface area contributed by atoms with Gasteiger partial charge in [0, 0.05) is 6.54 Å². The first-order valence-corrected chi connectivity index (χ1v) is 13.0. The van der Waals surface area contributed by atoms with Gasteiger partial charge in [-0.25, -0.2) is 27.6 Å². The number of ether oxygens (including phenoxy) is 1. The predicted molar refractivity (Wildman–Crippen MR) is 127 cm³/mol. The lowest BCUT2D eigenvalue weighted by molar-refractivity contribution is -0.126. The summed E-state index contributed by atoms with van der Waals surface area (Å²) in [6.45, 7) is 4.16. The van der Waals surface area contributed by atoms with Crippen LogP contribution >= 0.6 is 11.3 Å². The fourth-order valence-electron chi connectivity index (χ4n) is 3.39. The van der Waals surface area contributed by atoms with Crippen molar-refractivity contribution in [3.05, 3.63) is 65.7 Å². The zero-order chi connectivity index (χ0) is 25.2. The number of nitrogens with one attached hydrogen (secondary N) is 1. The highest BCUT2D eigenvalue weighted by molar-refractivity contribution is 7.91. The molecule has 1 amide bonds. The average molecular weight is 519 g/mol. The smallest absolute Gasteiger partial charge is 0.265 e.